The van der Waals surface area contributed by atoms with Crippen molar-refractivity contribution in [3.05, 3.63) is 24.3 Å². The van der Waals surface area contributed by atoms with Crippen LogP contribution in [0.25, 0.3) is 0 Å². The normalized spacial score (nSPS) is 14.5. The van der Waals surface area contributed by atoms with E-state index in [1.165, 1.54) is 116 Å². The van der Waals surface area contributed by atoms with Gasteiger partial charge in [0, 0.05) is 52.1 Å². The highest BCUT2D eigenvalue weighted by molar-refractivity contribution is 5.69. The third-order valence-electron chi connectivity index (χ3n) is 9.09. The van der Waals surface area contributed by atoms with Crippen LogP contribution in [0.15, 0.2) is 24.3 Å². The largest absolute Gasteiger partial charge is 0.464 e. The lowest BCUT2D eigenvalue weighted by atomic mass is 10.1. The predicted molar refractivity (Wildman–Crippen MR) is 195 cm³/mol. The fraction of sp³-hybridized carbons (Fsp3) is 0.850. The van der Waals surface area contributed by atoms with Crippen LogP contribution in [0.2, 0.25) is 0 Å². The third kappa shape index (κ3) is 28.6. The van der Waals surface area contributed by atoms with E-state index in [2.05, 4.69) is 48.0 Å². The monoisotopic (exact) mass is 647 g/mol. The zero-order valence-electron chi connectivity index (χ0n) is 30.5. The number of rotatable bonds is 32. The van der Waals surface area contributed by atoms with Gasteiger partial charge in [-0.2, -0.15) is 0 Å². The van der Waals surface area contributed by atoms with Gasteiger partial charge >= 0.3 is 11.9 Å². The van der Waals surface area contributed by atoms with Crippen molar-refractivity contribution in [2.24, 2.45) is 0 Å². The average molecular weight is 647 g/mol. The highest BCUT2D eigenvalue weighted by Crippen LogP contribution is 2.11. The summed E-state index contributed by atoms with van der Waals surface area (Å²) < 4.78 is 11.0. The van der Waals surface area contributed by atoms with Crippen molar-refractivity contribution in [2.75, 3.05) is 52.5 Å². The Hall–Kier alpha value is -1.66. The molecule has 1 aliphatic heterocycles. The second-order valence-electron chi connectivity index (χ2n) is 13.4. The number of carbonyl (C=O) groups is 2. The summed E-state index contributed by atoms with van der Waals surface area (Å²) in [5, 5.41) is 0. The molecule has 0 aromatic rings. The molecule has 0 radical (unpaired) electrons. The van der Waals surface area contributed by atoms with E-state index in [0.29, 0.717) is 26.1 Å². The Morgan fingerprint density at radius 3 is 1.11 bits per heavy atom. The maximum absolute atomic E-state index is 12.1. The van der Waals surface area contributed by atoms with Crippen molar-refractivity contribution in [3.63, 3.8) is 0 Å². The molecule has 1 aliphatic rings. The van der Waals surface area contributed by atoms with E-state index in [9.17, 15) is 9.59 Å². The van der Waals surface area contributed by atoms with Crippen LogP contribution in [0.4, 0.5) is 0 Å². The number of unbranched alkanes of at least 4 members (excludes halogenated alkanes) is 18. The molecule has 0 unspecified atom stereocenters. The van der Waals surface area contributed by atoms with Gasteiger partial charge in [0.05, 0.1) is 0 Å². The Labute approximate surface area is 285 Å². The molecule has 1 fully saturated rings. The maximum atomic E-state index is 12.1. The first-order chi connectivity index (χ1) is 22.7. The fourth-order valence-electron chi connectivity index (χ4n) is 5.93. The standard InChI is InChI=1S/C40H74N2O4/c1-3-5-7-9-11-13-15-17-19-21-23-25-27-29-39(43)45-37-35-41-31-33-42(34-32-41)36-38-46-40(44)30-28-26-24-22-20-18-16-14-12-10-8-6-4-2/h13-16H,3-12,17-38H2,1-2H3/b15-13+,16-14+. The van der Waals surface area contributed by atoms with Crippen LogP contribution in [0.3, 0.4) is 0 Å². The van der Waals surface area contributed by atoms with Gasteiger partial charge in [0.25, 0.3) is 0 Å². The molecule has 0 saturated carbocycles. The number of esters is 2. The molecular formula is C40H74N2O4. The first-order valence-corrected chi connectivity index (χ1v) is 19.7. The lowest BCUT2D eigenvalue weighted by Gasteiger charge is -2.34. The van der Waals surface area contributed by atoms with E-state index in [0.717, 1.165) is 65.0 Å². The Kier molecular flexibility index (Phi) is 30.6. The molecule has 1 saturated heterocycles. The lowest BCUT2D eigenvalue weighted by Crippen LogP contribution is -2.48. The molecule has 6 nitrogen and oxygen atoms in total. The van der Waals surface area contributed by atoms with Crippen molar-refractivity contribution >= 4 is 11.9 Å². The van der Waals surface area contributed by atoms with Crippen LogP contribution in [0, 0.1) is 0 Å². The number of nitrogens with zero attached hydrogens (tertiary/aromatic N) is 2. The molecule has 0 spiro atoms. The molecule has 0 aromatic carbocycles. The number of hydrogen-bond acceptors (Lipinski definition) is 6. The van der Waals surface area contributed by atoms with Crippen molar-refractivity contribution in [1.82, 2.24) is 9.80 Å². The van der Waals surface area contributed by atoms with Crippen LogP contribution in [-0.2, 0) is 19.1 Å². The van der Waals surface area contributed by atoms with Gasteiger partial charge < -0.3 is 9.47 Å². The molecule has 268 valence electrons. The summed E-state index contributed by atoms with van der Waals surface area (Å²) in [5.74, 6) is -0.106. The first kappa shape index (κ1) is 42.4. The van der Waals surface area contributed by atoms with Gasteiger partial charge in [-0.25, -0.2) is 0 Å². The van der Waals surface area contributed by atoms with Gasteiger partial charge in [-0.15, -0.1) is 0 Å². The second kappa shape index (κ2) is 33.2. The van der Waals surface area contributed by atoms with Crippen LogP contribution in [-0.4, -0.2) is 74.2 Å². The number of hydrogen-bond donors (Lipinski definition) is 0. The Balaban J connectivity index is 1.86. The summed E-state index contributed by atoms with van der Waals surface area (Å²) in [6.45, 7) is 11.0. The van der Waals surface area contributed by atoms with Gasteiger partial charge in [-0.1, -0.05) is 115 Å². The van der Waals surface area contributed by atoms with Crippen molar-refractivity contribution in [1.29, 1.82) is 0 Å². The summed E-state index contributed by atoms with van der Waals surface area (Å²) in [6.07, 6.45) is 37.6. The van der Waals surface area contributed by atoms with E-state index >= 15 is 0 Å². The summed E-state index contributed by atoms with van der Waals surface area (Å²) in [6, 6.07) is 0. The van der Waals surface area contributed by atoms with Gasteiger partial charge in [0.15, 0.2) is 0 Å². The number of piperazine rings is 1. The van der Waals surface area contributed by atoms with Gasteiger partial charge in [0.2, 0.25) is 0 Å². The van der Waals surface area contributed by atoms with E-state index in [1.807, 2.05) is 0 Å². The SMILES string of the molecule is CCCCCC/C=C/CCCCCCCC(=O)OCCN1CCN(CCOC(=O)CCCCCCC/C=C/CCCCCC)CC1. The molecule has 46 heavy (non-hydrogen) atoms. The first-order valence-electron chi connectivity index (χ1n) is 19.7. The van der Waals surface area contributed by atoms with E-state index in [1.54, 1.807) is 0 Å². The van der Waals surface area contributed by atoms with E-state index in [-0.39, 0.29) is 11.9 Å². The van der Waals surface area contributed by atoms with Crippen LogP contribution in [0.5, 0.6) is 0 Å². The fourth-order valence-corrected chi connectivity index (χ4v) is 5.93. The number of allylic oxidation sites excluding steroid dienone is 4. The van der Waals surface area contributed by atoms with Gasteiger partial charge in [-0.3, -0.25) is 19.4 Å². The number of ether oxygens (including phenoxy) is 2. The highest BCUT2D eigenvalue weighted by atomic mass is 16.5. The molecule has 1 heterocycles. The zero-order chi connectivity index (χ0) is 33.2. The Morgan fingerprint density at radius 1 is 0.457 bits per heavy atom. The molecule has 0 amide bonds. The maximum Gasteiger partial charge on any atom is 0.305 e. The summed E-state index contributed by atoms with van der Waals surface area (Å²) in [5.41, 5.74) is 0. The average Bonchev–Trinajstić information content (AvgIpc) is 3.06. The minimum Gasteiger partial charge on any atom is -0.464 e. The van der Waals surface area contributed by atoms with Crippen LogP contribution >= 0.6 is 0 Å². The minimum absolute atomic E-state index is 0.0531. The topological polar surface area (TPSA) is 59.1 Å². The van der Waals surface area contributed by atoms with Gasteiger partial charge in [0.1, 0.15) is 13.2 Å². The molecule has 6 heteroatoms. The summed E-state index contributed by atoms with van der Waals surface area (Å²) in [4.78, 5) is 28.9. The highest BCUT2D eigenvalue weighted by Gasteiger charge is 2.17. The van der Waals surface area contributed by atoms with E-state index < -0.39 is 0 Å². The third-order valence-corrected chi connectivity index (χ3v) is 9.09. The molecule has 0 bridgehead atoms. The molecule has 1 rings (SSSR count). The summed E-state index contributed by atoms with van der Waals surface area (Å²) in [7, 11) is 0. The summed E-state index contributed by atoms with van der Waals surface area (Å²) >= 11 is 0. The van der Waals surface area contributed by atoms with E-state index in [4.69, 9.17) is 9.47 Å². The lowest BCUT2D eigenvalue weighted by molar-refractivity contribution is -0.145. The predicted octanol–water partition coefficient (Wildman–Crippen LogP) is 10.2. The molecule has 0 N–H and O–H groups in total. The Morgan fingerprint density at radius 2 is 0.761 bits per heavy atom. The van der Waals surface area contributed by atoms with Crippen molar-refractivity contribution in [3.8, 4) is 0 Å². The van der Waals surface area contributed by atoms with Crippen molar-refractivity contribution < 1.29 is 19.1 Å². The molecular weight excluding hydrogens is 572 g/mol. The van der Waals surface area contributed by atoms with Crippen LogP contribution < -0.4 is 0 Å². The molecule has 0 aliphatic carbocycles. The Bertz CT molecular complexity index is 684. The quantitative estimate of drug-likeness (QED) is 0.0412. The molecule has 0 atom stereocenters. The second-order valence-corrected chi connectivity index (χ2v) is 13.4. The molecule has 0 aromatic heterocycles. The smallest absolute Gasteiger partial charge is 0.305 e. The van der Waals surface area contributed by atoms with Gasteiger partial charge in [-0.05, 0) is 64.2 Å². The number of carbonyl (C=O) groups excluding carboxylic acids is 2. The van der Waals surface area contributed by atoms with Crippen LogP contribution in [0.1, 0.15) is 168 Å². The van der Waals surface area contributed by atoms with Crippen molar-refractivity contribution in [2.45, 2.75) is 168 Å². The minimum atomic E-state index is -0.0531. The zero-order valence-corrected chi connectivity index (χ0v) is 30.5.